The molecule has 0 heterocycles. The molecular formula is C12H25N3O3. The standard InChI is InChI=1S/C12H25N3O3/c1-12(2,3)15(9-10(16)17)11(18)14(6)8-7-13(4)5/h7-9H2,1-6H3,(H,16,17). The first-order chi connectivity index (χ1) is 8.05. The van der Waals surface area contributed by atoms with E-state index in [0.29, 0.717) is 6.54 Å². The van der Waals surface area contributed by atoms with Crippen LogP contribution in [0.25, 0.3) is 0 Å². The van der Waals surface area contributed by atoms with E-state index in [4.69, 9.17) is 5.11 Å². The summed E-state index contributed by atoms with van der Waals surface area (Å²) in [5.41, 5.74) is -0.512. The van der Waals surface area contributed by atoms with Crippen LogP contribution in [0.15, 0.2) is 0 Å². The lowest BCUT2D eigenvalue weighted by molar-refractivity contribution is -0.138. The number of aliphatic carboxylic acids is 1. The summed E-state index contributed by atoms with van der Waals surface area (Å²) in [7, 11) is 5.54. The smallest absolute Gasteiger partial charge is 0.323 e. The van der Waals surface area contributed by atoms with Gasteiger partial charge in [0.25, 0.3) is 0 Å². The van der Waals surface area contributed by atoms with Crippen LogP contribution in [0.2, 0.25) is 0 Å². The molecule has 0 aliphatic rings. The molecule has 2 amide bonds. The monoisotopic (exact) mass is 259 g/mol. The van der Waals surface area contributed by atoms with Crippen LogP contribution in [0.4, 0.5) is 4.79 Å². The van der Waals surface area contributed by atoms with E-state index >= 15 is 0 Å². The Hall–Kier alpha value is -1.30. The zero-order valence-corrected chi connectivity index (χ0v) is 12.2. The molecule has 0 fully saturated rings. The van der Waals surface area contributed by atoms with Crippen molar-refractivity contribution in [1.29, 1.82) is 0 Å². The van der Waals surface area contributed by atoms with Crippen molar-refractivity contribution in [2.45, 2.75) is 26.3 Å². The lowest BCUT2D eigenvalue weighted by Gasteiger charge is -2.37. The fourth-order valence-electron chi connectivity index (χ4n) is 1.38. The minimum Gasteiger partial charge on any atom is -0.480 e. The minimum atomic E-state index is -1.00. The van der Waals surface area contributed by atoms with Crippen LogP contribution in [0.5, 0.6) is 0 Å². The molecule has 0 aliphatic heterocycles. The van der Waals surface area contributed by atoms with Crippen molar-refractivity contribution in [3.63, 3.8) is 0 Å². The predicted octanol–water partition coefficient (Wildman–Crippen LogP) is 0.785. The number of carbonyl (C=O) groups is 2. The van der Waals surface area contributed by atoms with Crippen molar-refractivity contribution >= 4 is 12.0 Å². The zero-order valence-electron chi connectivity index (χ0n) is 12.2. The Balaban J connectivity index is 4.70. The number of carboxylic acid groups (broad SMARTS) is 1. The van der Waals surface area contributed by atoms with Crippen molar-refractivity contribution in [2.75, 3.05) is 40.8 Å². The average molecular weight is 259 g/mol. The van der Waals surface area contributed by atoms with Gasteiger partial charge in [-0.05, 0) is 34.9 Å². The van der Waals surface area contributed by atoms with Gasteiger partial charge < -0.3 is 19.8 Å². The van der Waals surface area contributed by atoms with Gasteiger partial charge in [0.1, 0.15) is 6.54 Å². The van der Waals surface area contributed by atoms with Crippen LogP contribution in [0, 0.1) is 0 Å². The highest BCUT2D eigenvalue weighted by molar-refractivity contribution is 5.80. The largest absolute Gasteiger partial charge is 0.480 e. The number of urea groups is 1. The Kier molecular flexibility index (Phi) is 6.11. The molecule has 18 heavy (non-hydrogen) atoms. The van der Waals surface area contributed by atoms with E-state index in [1.807, 2.05) is 39.8 Å². The Bertz CT molecular complexity index is 297. The summed E-state index contributed by atoms with van der Waals surface area (Å²) < 4.78 is 0. The Morgan fingerprint density at radius 3 is 1.89 bits per heavy atom. The van der Waals surface area contributed by atoms with E-state index in [2.05, 4.69) is 0 Å². The lowest BCUT2D eigenvalue weighted by Crippen LogP contribution is -2.53. The summed E-state index contributed by atoms with van der Waals surface area (Å²) in [6.45, 7) is 6.51. The second kappa shape index (κ2) is 6.58. The molecule has 0 aromatic heterocycles. The van der Waals surface area contributed by atoms with Crippen LogP contribution < -0.4 is 0 Å². The van der Waals surface area contributed by atoms with Crippen molar-refractivity contribution in [3.05, 3.63) is 0 Å². The first-order valence-electron chi connectivity index (χ1n) is 5.95. The molecule has 0 saturated heterocycles. The van der Waals surface area contributed by atoms with Crippen molar-refractivity contribution < 1.29 is 14.7 Å². The average Bonchev–Trinajstić information content (AvgIpc) is 2.19. The van der Waals surface area contributed by atoms with E-state index < -0.39 is 11.5 Å². The van der Waals surface area contributed by atoms with Crippen LogP contribution in [0.3, 0.4) is 0 Å². The second-order valence-corrected chi connectivity index (χ2v) is 5.66. The van der Waals surface area contributed by atoms with Crippen LogP contribution in [-0.4, -0.2) is 78.1 Å². The van der Waals surface area contributed by atoms with E-state index in [9.17, 15) is 9.59 Å². The van der Waals surface area contributed by atoms with Crippen molar-refractivity contribution in [2.24, 2.45) is 0 Å². The van der Waals surface area contributed by atoms with E-state index in [1.54, 1.807) is 11.9 Å². The topological polar surface area (TPSA) is 64.1 Å². The number of amides is 2. The number of nitrogens with zero attached hydrogens (tertiary/aromatic N) is 3. The maximum absolute atomic E-state index is 12.2. The van der Waals surface area contributed by atoms with Gasteiger partial charge in [-0.1, -0.05) is 0 Å². The molecular weight excluding hydrogens is 234 g/mol. The summed E-state index contributed by atoms with van der Waals surface area (Å²) in [6.07, 6.45) is 0. The molecule has 0 saturated carbocycles. The molecule has 0 aliphatic carbocycles. The molecule has 106 valence electrons. The minimum absolute atomic E-state index is 0.258. The summed E-state index contributed by atoms with van der Waals surface area (Å²) >= 11 is 0. The zero-order chi connectivity index (χ0) is 14.5. The third kappa shape index (κ3) is 5.86. The molecule has 0 aromatic carbocycles. The van der Waals surface area contributed by atoms with Crippen LogP contribution in [0.1, 0.15) is 20.8 Å². The van der Waals surface area contributed by atoms with E-state index in [-0.39, 0.29) is 12.6 Å². The summed E-state index contributed by atoms with van der Waals surface area (Å²) in [5.74, 6) is -1.00. The van der Waals surface area contributed by atoms with Gasteiger partial charge in [-0.3, -0.25) is 4.79 Å². The predicted molar refractivity (Wildman–Crippen MR) is 70.7 cm³/mol. The molecule has 0 spiro atoms. The summed E-state index contributed by atoms with van der Waals surface area (Å²) in [6, 6.07) is -0.258. The normalized spacial score (nSPS) is 11.5. The molecule has 0 rings (SSSR count). The van der Waals surface area contributed by atoms with Crippen molar-refractivity contribution in [3.8, 4) is 0 Å². The van der Waals surface area contributed by atoms with E-state index in [0.717, 1.165) is 6.54 Å². The van der Waals surface area contributed by atoms with Gasteiger partial charge in [0.2, 0.25) is 0 Å². The molecule has 0 unspecified atom stereocenters. The van der Waals surface area contributed by atoms with Crippen LogP contribution in [-0.2, 0) is 4.79 Å². The van der Waals surface area contributed by atoms with Gasteiger partial charge >= 0.3 is 12.0 Å². The van der Waals surface area contributed by atoms with Gasteiger partial charge in [-0.25, -0.2) is 4.79 Å². The molecule has 0 atom stereocenters. The molecule has 0 radical (unpaired) electrons. The molecule has 0 bridgehead atoms. The van der Waals surface area contributed by atoms with Gasteiger partial charge in [0, 0.05) is 25.7 Å². The maximum atomic E-state index is 12.2. The van der Waals surface area contributed by atoms with Crippen LogP contribution >= 0.6 is 0 Å². The summed E-state index contributed by atoms with van der Waals surface area (Å²) in [4.78, 5) is 27.9. The number of carboxylic acids is 1. The summed E-state index contributed by atoms with van der Waals surface area (Å²) in [5, 5.41) is 8.88. The number of hydrogen-bond acceptors (Lipinski definition) is 3. The third-order valence-electron chi connectivity index (χ3n) is 2.54. The van der Waals surface area contributed by atoms with Crippen molar-refractivity contribution in [1.82, 2.24) is 14.7 Å². The first kappa shape index (κ1) is 16.7. The second-order valence-electron chi connectivity index (χ2n) is 5.66. The molecule has 0 aromatic rings. The van der Waals surface area contributed by atoms with E-state index in [1.165, 1.54) is 4.90 Å². The SMILES string of the molecule is CN(C)CCN(C)C(=O)N(CC(=O)O)C(C)(C)C. The van der Waals surface area contributed by atoms with Gasteiger partial charge in [0.05, 0.1) is 0 Å². The number of hydrogen-bond donors (Lipinski definition) is 1. The Morgan fingerprint density at radius 2 is 1.56 bits per heavy atom. The number of carbonyl (C=O) groups excluding carboxylic acids is 1. The van der Waals surface area contributed by atoms with Gasteiger partial charge in [-0.15, -0.1) is 0 Å². The Labute approximate surface area is 109 Å². The Morgan fingerprint density at radius 1 is 1.06 bits per heavy atom. The third-order valence-corrected chi connectivity index (χ3v) is 2.54. The van der Waals surface area contributed by atoms with Gasteiger partial charge in [-0.2, -0.15) is 0 Å². The highest BCUT2D eigenvalue weighted by Crippen LogP contribution is 2.15. The highest BCUT2D eigenvalue weighted by Gasteiger charge is 2.30. The van der Waals surface area contributed by atoms with Gasteiger partial charge in [0.15, 0.2) is 0 Å². The number of likely N-dealkylation sites (N-methyl/N-ethyl adjacent to an activating group) is 2. The molecule has 6 nitrogen and oxygen atoms in total. The number of rotatable bonds is 5. The highest BCUT2D eigenvalue weighted by atomic mass is 16.4. The lowest BCUT2D eigenvalue weighted by atomic mass is 10.1. The maximum Gasteiger partial charge on any atom is 0.323 e. The molecule has 1 N–H and O–H groups in total. The fourth-order valence-corrected chi connectivity index (χ4v) is 1.38. The molecule has 6 heteroatoms. The quantitative estimate of drug-likeness (QED) is 0.792. The fraction of sp³-hybridized carbons (Fsp3) is 0.833. The first-order valence-corrected chi connectivity index (χ1v) is 5.95.